The Morgan fingerprint density at radius 3 is 2.48 bits per heavy atom. The molecule has 0 aliphatic heterocycles. The minimum Gasteiger partial charge on any atom is -0.356 e. The Labute approximate surface area is 173 Å². The number of halogens is 1. The number of hydrogen-bond donors (Lipinski definition) is 2. The van der Waals surface area contributed by atoms with Crippen molar-refractivity contribution in [2.24, 2.45) is 4.99 Å². The first kappa shape index (κ1) is 24.5. The second-order valence-electron chi connectivity index (χ2n) is 6.00. The number of hydrogen-bond acceptors (Lipinski definition) is 4. The molecular formula is C17H30IN3O2S2. The van der Waals surface area contributed by atoms with Crippen molar-refractivity contribution >= 4 is 51.5 Å². The van der Waals surface area contributed by atoms with Crippen LogP contribution < -0.4 is 10.6 Å². The maximum atomic E-state index is 11.2. The largest absolute Gasteiger partial charge is 0.356 e. The average molecular weight is 499 g/mol. The van der Waals surface area contributed by atoms with Crippen molar-refractivity contribution in [3.63, 3.8) is 0 Å². The highest BCUT2D eigenvalue weighted by Gasteiger charge is 2.09. The lowest BCUT2D eigenvalue weighted by atomic mass is 10.2. The number of rotatable bonds is 9. The Bertz CT molecular complexity index is 619. The summed E-state index contributed by atoms with van der Waals surface area (Å²) in [6.45, 7) is 4.87. The van der Waals surface area contributed by atoms with Crippen molar-refractivity contribution in [1.29, 1.82) is 0 Å². The predicted molar refractivity (Wildman–Crippen MR) is 121 cm³/mol. The summed E-state index contributed by atoms with van der Waals surface area (Å²) >= 11 is 1.87. The Morgan fingerprint density at radius 2 is 1.92 bits per heavy atom. The number of guanidine groups is 1. The van der Waals surface area contributed by atoms with E-state index in [-0.39, 0.29) is 35.8 Å². The van der Waals surface area contributed by atoms with Crippen LogP contribution in [0.25, 0.3) is 0 Å². The van der Waals surface area contributed by atoms with Gasteiger partial charge in [0.2, 0.25) is 0 Å². The summed E-state index contributed by atoms with van der Waals surface area (Å²) in [5, 5.41) is 6.48. The molecule has 0 radical (unpaired) electrons. The number of nitrogens with one attached hydrogen (secondary N) is 2. The van der Waals surface area contributed by atoms with Crippen LogP contribution in [-0.4, -0.2) is 51.8 Å². The molecule has 144 valence electrons. The first-order valence-electron chi connectivity index (χ1n) is 8.08. The molecule has 0 aliphatic rings. The number of thioether (sulfide) groups is 1. The normalized spacial score (nSPS) is 13.0. The minimum absolute atomic E-state index is 0. The van der Waals surface area contributed by atoms with Crippen molar-refractivity contribution in [2.75, 3.05) is 31.4 Å². The van der Waals surface area contributed by atoms with Crippen LogP contribution in [0.2, 0.25) is 0 Å². The third kappa shape index (κ3) is 12.5. The lowest BCUT2D eigenvalue weighted by molar-refractivity contribution is 0.582. The van der Waals surface area contributed by atoms with Crippen molar-refractivity contribution in [3.8, 4) is 0 Å². The number of aliphatic imine (C=N–C) groups is 1. The Kier molecular flexibility index (Phi) is 12.6. The van der Waals surface area contributed by atoms with Crippen molar-refractivity contribution in [2.45, 2.75) is 32.1 Å². The molecule has 25 heavy (non-hydrogen) atoms. The fraction of sp³-hybridized carbons (Fsp3) is 0.588. The maximum Gasteiger partial charge on any atom is 0.191 e. The fourth-order valence-electron chi connectivity index (χ4n) is 2.01. The Balaban J connectivity index is 0.00000576. The van der Waals surface area contributed by atoms with Gasteiger partial charge in [-0.05, 0) is 25.8 Å². The van der Waals surface area contributed by atoms with Crippen LogP contribution >= 0.6 is 35.7 Å². The molecule has 0 amide bonds. The van der Waals surface area contributed by atoms with E-state index in [0.717, 1.165) is 18.1 Å². The summed E-state index contributed by atoms with van der Waals surface area (Å²) < 4.78 is 22.4. The van der Waals surface area contributed by atoms with Crippen molar-refractivity contribution in [3.05, 3.63) is 35.4 Å². The van der Waals surface area contributed by atoms with E-state index < -0.39 is 9.84 Å². The highest BCUT2D eigenvalue weighted by molar-refractivity contribution is 14.0. The molecule has 1 atom stereocenters. The van der Waals surface area contributed by atoms with Crippen LogP contribution in [0.1, 0.15) is 24.5 Å². The molecule has 0 fully saturated rings. The highest BCUT2D eigenvalue weighted by Crippen LogP contribution is 2.12. The van der Waals surface area contributed by atoms with Crippen molar-refractivity contribution < 1.29 is 8.42 Å². The zero-order chi connectivity index (χ0) is 18.0. The molecule has 0 aromatic heterocycles. The fourth-order valence-corrected chi connectivity index (χ4v) is 3.61. The van der Waals surface area contributed by atoms with E-state index in [1.165, 1.54) is 17.4 Å². The lowest BCUT2D eigenvalue weighted by Crippen LogP contribution is -2.43. The highest BCUT2D eigenvalue weighted by atomic mass is 127. The molecule has 0 spiro atoms. The summed E-state index contributed by atoms with van der Waals surface area (Å²) in [5.41, 5.74) is 2.62. The van der Waals surface area contributed by atoms with E-state index >= 15 is 0 Å². The number of sulfone groups is 1. The third-order valence-corrected chi connectivity index (χ3v) is 5.46. The van der Waals surface area contributed by atoms with Crippen LogP contribution in [0.4, 0.5) is 0 Å². The van der Waals surface area contributed by atoms with E-state index in [0.29, 0.717) is 12.4 Å². The zero-order valence-electron chi connectivity index (χ0n) is 15.4. The van der Waals surface area contributed by atoms with Gasteiger partial charge in [0.05, 0.1) is 5.75 Å². The van der Waals surface area contributed by atoms with Crippen LogP contribution in [0, 0.1) is 6.92 Å². The second kappa shape index (κ2) is 12.8. The van der Waals surface area contributed by atoms with Gasteiger partial charge in [-0.3, -0.25) is 4.99 Å². The van der Waals surface area contributed by atoms with Crippen LogP contribution in [0.3, 0.4) is 0 Å². The number of benzene rings is 1. The summed E-state index contributed by atoms with van der Waals surface area (Å²) in [7, 11) is -1.20. The van der Waals surface area contributed by atoms with E-state index in [1.54, 1.807) is 7.05 Å². The van der Waals surface area contributed by atoms with Gasteiger partial charge in [0.1, 0.15) is 9.84 Å². The molecule has 8 heteroatoms. The van der Waals surface area contributed by atoms with E-state index in [4.69, 9.17) is 0 Å². The molecule has 1 unspecified atom stereocenters. The van der Waals surface area contributed by atoms with Crippen LogP contribution in [0.15, 0.2) is 29.3 Å². The minimum atomic E-state index is -2.92. The topological polar surface area (TPSA) is 70.6 Å². The van der Waals surface area contributed by atoms with E-state index in [1.807, 2.05) is 18.7 Å². The van der Waals surface area contributed by atoms with E-state index in [9.17, 15) is 8.42 Å². The predicted octanol–water partition coefficient (Wildman–Crippen LogP) is 2.83. The molecule has 0 bridgehead atoms. The van der Waals surface area contributed by atoms with E-state index in [2.05, 4.69) is 46.8 Å². The van der Waals surface area contributed by atoms with Gasteiger partial charge in [0, 0.05) is 37.4 Å². The van der Waals surface area contributed by atoms with Gasteiger partial charge in [-0.1, -0.05) is 29.8 Å². The van der Waals surface area contributed by atoms with Gasteiger partial charge < -0.3 is 10.6 Å². The molecule has 0 saturated heterocycles. The molecule has 0 saturated carbocycles. The molecule has 5 nitrogen and oxygen atoms in total. The average Bonchev–Trinajstić information content (AvgIpc) is 2.52. The lowest BCUT2D eigenvalue weighted by Gasteiger charge is -2.17. The molecule has 1 aromatic carbocycles. The first-order valence-corrected chi connectivity index (χ1v) is 11.3. The first-order chi connectivity index (χ1) is 11.3. The number of nitrogens with zero attached hydrogens (tertiary/aromatic N) is 1. The molecule has 2 N–H and O–H groups in total. The molecule has 1 rings (SSSR count). The van der Waals surface area contributed by atoms with Crippen LogP contribution in [-0.2, 0) is 15.6 Å². The van der Waals surface area contributed by atoms with Crippen LogP contribution in [0.5, 0.6) is 0 Å². The maximum absolute atomic E-state index is 11.2. The SMILES string of the molecule is CN=C(NCCSCc1ccc(C)cc1)NC(C)CCS(C)(=O)=O.I. The smallest absolute Gasteiger partial charge is 0.191 e. The van der Waals surface area contributed by atoms with Gasteiger partial charge in [-0.25, -0.2) is 8.42 Å². The second-order valence-corrected chi connectivity index (χ2v) is 9.37. The monoisotopic (exact) mass is 499 g/mol. The summed E-state index contributed by atoms with van der Waals surface area (Å²) in [4.78, 5) is 4.17. The summed E-state index contributed by atoms with van der Waals surface area (Å²) in [5.74, 6) is 2.88. The van der Waals surface area contributed by atoms with Crippen molar-refractivity contribution in [1.82, 2.24) is 10.6 Å². The zero-order valence-corrected chi connectivity index (χ0v) is 19.4. The van der Waals surface area contributed by atoms with Gasteiger partial charge in [0.15, 0.2) is 5.96 Å². The molecule has 0 aliphatic carbocycles. The third-order valence-electron chi connectivity index (χ3n) is 3.46. The molecular weight excluding hydrogens is 469 g/mol. The standard InChI is InChI=1S/C17H29N3O2S2.HI/c1-14-5-7-16(8-6-14)13-23-11-10-19-17(18-3)20-15(2)9-12-24(4,21)22;/h5-8,15H,9-13H2,1-4H3,(H2,18,19,20);1H. The quantitative estimate of drug-likeness (QED) is 0.237. The summed E-state index contributed by atoms with van der Waals surface area (Å²) in [6.07, 6.45) is 1.83. The number of aryl methyl sites for hydroxylation is 1. The summed E-state index contributed by atoms with van der Waals surface area (Å²) in [6, 6.07) is 8.67. The molecule has 0 heterocycles. The Hall–Kier alpha value is -0.480. The van der Waals surface area contributed by atoms with Gasteiger partial charge in [-0.2, -0.15) is 11.8 Å². The van der Waals surface area contributed by atoms with Gasteiger partial charge >= 0.3 is 0 Å². The van der Waals surface area contributed by atoms with Gasteiger partial charge in [-0.15, -0.1) is 24.0 Å². The Morgan fingerprint density at radius 1 is 1.28 bits per heavy atom. The van der Waals surface area contributed by atoms with Gasteiger partial charge in [0.25, 0.3) is 0 Å². The molecule has 1 aromatic rings.